The van der Waals surface area contributed by atoms with E-state index >= 15 is 0 Å². The second kappa shape index (κ2) is 9.39. The highest BCUT2D eigenvalue weighted by Gasteiger charge is 2.20. The fraction of sp³-hybridized carbons (Fsp3) is 0.211. The van der Waals surface area contributed by atoms with Crippen molar-refractivity contribution in [3.05, 3.63) is 63.6 Å². The Morgan fingerprint density at radius 2 is 1.81 bits per heavy atom. The van der Waals surface area contributed by atoms with Crippen molar-refractivity contribution in [3.8, 4) is 0 Å². The van der Waals surface area contributed by atoms with Crippen molar-refractivity contribution in [1.82, 2.24) is 5.32 Å². The topological polar surface area (TPSA) is 98.5 Å². The minimum absolute atomic E-state index is 0.0113. The van der Waals surface area contributed by atoms with Gasteiger partial charge < -0.3 is 15.8 Å². The van der Waals surface area contributed by atoms with Crippen LogP contribution in [0.3, 0.4) is 0 Å². The molecule has 1 amide bonds. The smallest absolute Gasteiger partial charge is 0.340 e. The fourth-order valence-electron chi connectivity index (χ4n) is 2.34. The lowest BCUT2D eigenvalue weighted by atomic mass is 10.0. The van der Waals surface area contributed by atoms with E-state index < -0.39 is 24.5 Å². The fourth-order valence-corrected chi connectivity index (χ4v) is 2.84. The summed E-state index contributed by atoms with van der Waals surface area (Å²) in [5.41, 5.74) is 6.60. The lowest BCUT2D eigenvalue weighted by Crippen LogP contribution is -2.43. The number of hydrogen-bond acceptors (Lipinski definition) is 5. The lowest BCUT2D eigenvalue weighted by molar-refractivity contribution is -0.128. The van der Waals surface area contributed by atoms with Gasteiger partial charge in [0, 0.05) is 5.02 Å². The van der Waals surface area contributed by atoms with Gasteiger partial charge in [-0.05, 0) is 31.0 Å². The normalized spacial score (nSPS) is 11.5. The maximum Gasteiger partial charge on any atom is 0.340 e. The Hall–Kier alpha value is -2.57. The number of hydrogen-bond donors (Lipinski definition) is 2. The Bertz CT molecular complexity index is 856. The zero-order chi connectivity index (χ0) is 20.0. The zero-order valence-electron chi connectivity index (χ0n) is 14.5. The summed E-state index contributed by atoms with van der Waals surface area (Å²) in [6, 6.07) is 11.2. The van der Waals surface area contributed by atoms with Gasteiger partial charge in [0.1, 0.15) is 0 Å². The standard InChI is InChI=1S/C19H18Cl2N2O4/c1-11(24)16(7-12-5-3-2-4-6-12)23-17(25)10-27-19(26)14-8-13(20)9-15(21)18(14)22/h2-6,8-9,16H,7,10,22H2,1H3,(H,23,25)/t16-/m1/s1. The second-order valence-corrected chi connectivity index (χ2v) is 6.69. The molecule has 2 rings (SSSR count). The molecule has 0 bridgehead atoms. The SMILES string of the molecule is CC(=O)[C@@H](Cc1ccccc1)NC(=O)COC(=O)c1cc(Cl)cc(Cl)c1N. The molecule has 8 heteroatoms. The van der Waals surface area contributed by atoms with Crippen LogP contribution in [0.4, 0.5) is 5.69 Å². The quantitative estimate of drug-likeness (QED) is 0.541. The summed E-state index contributed by atoms with van der Waals surface area (Å²) in [6.07, 6.45) is 0.340. The summed E-state index contributed by atoms with van der Waals surface area (Å²) in [5, 5.41) is 2.88. The van der Waals surface area contributed by atoms with Gasteiger partial charge in [-0.15, -0.1) is 0 Å². The number of ketones is 1. The van der Waals surface area contributed by atoms with Gasteiger partial charge in [0.25, 0.3) is 5.91 Å². The maximum absolute atomic E-state index is 12.1. The second-order valence-electron chi connectivity index (χ2n) is 5.85. The number of amides is 1. The van der Waals surface area contributed by atoms with E-state index in [2.05, 4.69) is 5.32 Å². The molecule has 1 atom stereocenters. The molecule has 0 aromatic heterocycles. The molecule has 0 unspecified atom stereocenters. The number of nitrogen functional groups attached to an aromatic ring is 1. The number of ether oxygens (including phenoxy) is 1. The average molecular weight is 409 g/mol. The van der Waals surface area contributed by atoms with Crippen LogP contribution >= 0.6 is 23.2 Å². The molecular formula is C19H18Cl2N2O4. The Kier molecular flexibility index (Phi) is 7.21. The minimum atomic E-state index is -0.838. The number of rotatable bonds is 7. The average Bonchev–Trinajstić information content (AvgIpc) is 2.63. The van der Waals surface area contributed by atoms with Crippen LogP contribution in [0, 0.1) is 0 Å². The van der Waals surface area contributed by atoms with Gasteiger partial charge in [-0.1, -0.05) is 53.5 Å². The molecule has 3 N–H and O–H groups in total. The van der Waals surface area contributed by atoms with Crippen LogP contribution in [-0.4, -0.2) is 30.3 Å². The van der Waals surface area contributed by atoms with E-state index in [1.54, 1.807) is 0 Å². The highest BCUT2D eigenvalue weighted by Crippen LogP contribution is 2.28. The van der Waals surface area contributed by atoms with E-state index in [-0.39, 0.29) is 27.1 Å². The lowest BCUT2D eigenvalue weighted by Gasteiger charge is -2.16. The first-order valence-electron chi connectivity index (χ1n) is 8.03. The first kappa shape index (κ1) is 20.7. The van der Waals surface area contributed by atoms with E-state index in [0.717, 1.165) is 5.56 Å². The van der Waals surface area contributed by atoms with E-state index in [4.69, 9.17) is 33.7 Å². The van der Waals surface area contributed by atoms with Crippen LogP contribution in [0.25, 0.3) is 0 Å². The highest BCUT2D eigenvalue weighted by molar-refractivity contribution is 6.37. The minimum Gasteiger partial charge on any atom is -0.452 e. The van der Waals surface area contributed by atoms with Gasteiger partial charge in [0.05, 0.1) is 22.3 Å². The molecule has 0 saturated carbocycles. The third-order valence-corrected chi connectivity index (χ3v) is 4.29. The van der Waals surface area contributed by atoms with Crippen LogP contribution in [-0.2, 0) is 20.7 Å². The van der Waals surface area contributed by atoms with Gasteiger partial charge in [-0.2, -0.15) is 0 Å². The first-order valence-corrected chi connectivity index (χ1v) is 8.79. The molecule has 2 aromatic rings. The molecule has 2 aromatic carbocycles. The van der Waals surface area contributed by atoms with Gasteiger partial charge >= 0.3 is 5.97 Å². The Morgan fingerprint density at radius 3 is 2.44 bits per heavy atom. The van der Waals surface area contributed by atoms with Crippen LogP contribution < -0.4 is 11.1 Å². The molecule has 0 fully saturated rings. The molecule has 0 heterocycles. The summed E-state index contributed by atoms with van der Waals surface area (Å²) < 4.78 is 4.95. The summed E-state index contributed by atoms with van der Waals surface area (Å²) in [6.45, 7) is 0.815. The van der Waals surface area contributed by atoms with Crippen molar-refractivity contribution in [1.29, 1.82) is 0 Å². The summed E-state index contributed by atoms with van der Waals surface area (Å²) in [7, 11) is 0. The third-order valence-electron chi connectivity index (χ3n) is 3.76. The van der Waals surface area contributed by atoms with Crippen molar-refractivity contribution in [2.45, 2.75) is 19.4 Å². The first-order chi connectivity index (χ1) is 12.8. The van der Waals surface area contributed by atoms with Gasteiger partial charge in [-0.25, -0.2) is 4.79 Å². The van der Waals surface area contributed by atoms with E-state index in [1.165, 1.54) is 19.1 Å². The summed E-state index contributed by atoms with van der Waals surface area (Å²) in [4.78, 5) is 36.0. The molecule has 0 spiro atoms. The van der Waals surface area contributed by atoms with Crippen molar-refractivity contribution < 1.29 is 19.1 Å². The van der Waals surface area contributed by atoms with Gasteiger partial charge in [0.2, 0.25) is 0 Å². The number of anilines is 1. The predicted octanol–water partition coefficient (Wildman–Crippen LogP) is 3.05. The number of carbonyl (C=O) groups excluding carboxylic acids is 3. The van der Waals surface area contributed by atoms with E-state index in [9.17, 15) is 14.4 Å². The molecule has 0 saturated heterocycles. The van der Waals surface area contributed by atoms with Crippen LogP contribution in [0.2, 0.25) is 10.0 Å². The van der Waals surface area contributed by atoms with Crippen molar-refractivity contribution >= 4 is 46.5 Å². The van der Waals surface area contributed by atoms with Crippen LogP contribution in [0.5, 0.6) is 0 Å². The maximum atomic E-state index is 12.1. The number of nitrogens with two attached hydrogens (primary N) is 1. The van der Waals surface area contributed by atoms with Gasteiger partial charge in [-0.3, -0.25) is 9.59 Å². The summed E-state index contributed by atoms with van der Waals surface area (Å²) in [5.74, 6) is -1.65. The Balaban J connectivity index is 1.96. The number of benzene rings is 2. The monoisotopic (exact) mass is 408 g/mol. The number of carbonyl (C=O) groups is 3. The van der Waals surface area contributed by atoms with Crippen LogP contribution in [0.1, 0.15) is 22.8 Å². The van der Waals surface area contributed by atoms with E-state index in [0.29, 0.717) is 6.42 Å². The molecule has 0 radical (unpaired) electrons. The Morgan fingerprint density at radius 1 is 1.15 bits per heavy atom. The van der Waals surface area contributed by atoms with E-state index in [1.807, 2.05) is 30.3 Å². The molecule has 0 aliphatic carbocycles. The Labute approximate surface area is 166 Å². The third kappa shape index (κ3) is 5.98. The predicted molar refractivity (Wildman–Crippen MR) is 104 cm³/mol. The number of esters is 1. The summed E-state index contributed by atoms with van der Waals surface area (Å²) >= 11 is 11.7. The number of Topliss-reactive ketones (excluding diaryl/α,β-unsaturated/α-hetero) is 1. The zero-order valence-corrected chi connectivity index (χ0v) is 16.0. The van der Waals surface area contributed by atoms with Crippen molar-refractivity contribution in [3.63, 3.8) is 0 Å². The molecular weight excluding hydrogens is 391 g/mol. The molecule has 0 aliphatic heterocycles. The highest BCUT2D eigenvalue weighted by atomic mass is 35.5. The van der Waals surface area contributed by atoms with Gasteiger partial charge in [0.15, 0.2) is 12.4 Å². The molecule has 142 valence electrons. The van der Waals surface area contributed by atoms with Crippen molar-refractivity contribution in [2.24, 2.45) is 0 Å². The van der Waals surface area contributed by atoms with Crippen LogP contribution in [0.15, 0.2) is 42.5 Å². The number of halogens is 2. The molecule has 6 nitrogen and oxygen atoms in total. The largest absolute Gasteiger partial charge is 0.452 e. The molecule has 27 heavy (non-hydrogen) atoms. The molecule has 0 aliphatic rings. The number of nitrogens with one attached hydrogen (secondary N) is 1. The van der Waals surface area contributed by atoms with Crippen molar-refractivity contribution in [2.75, 3.05) is 12.3 Å².